The molecule has 122 valence electrons. The molecule has 4 heteroatoms. The number of para-hydroxylation sites is 1. The van der Waals surface area contributed by atoms with Gasteiger partial charge in [-0.3, -0.25) is 4.79 Å². The number of rotatable bonds is 8. The first-order valence-electron chi connectivity index (χ1n) is 7.92. The van der Waals surface area contributed by atoms with Crippen molar-refractivity contribution >= 4 is 11.6 Å². The molecule has 1 N–H and O–H groups in total. The van der Waals surface area contributed by atoms with Gasteiger partial charge in [-0.05, 0) is 43.2 Å². The van der Waals surface area contributed by atoms with Crippen LogP contribution in [-0.4, -0.2) is 32.7 Å². The molecule has 0 fully saturated rings. The van der Waals surface area contributed by atoms with Gasteiger partial charge in [0, 0.05) is 18.8 Å². The largest absolute Gasteiger partial charge is 0.497 e. The van der Waals surface area contributed by atoms with Crippen molar-refractivity contribution in [3.8, 4) is 5.75 Å². The summed E-state index contributed by atoms with van der Waals surface area (Å²) in [5.41, 5.74) is 2.22. The first-order chi connectivity index (χ1) is 11.2. The number of likely N-dealkylation sites (N-methyl/N-ethyl adjacent to an activating group) is 1. The number of methoxy groups -OCH3 is 1. The molecule has 0 heterocycles. The van der Waals surface area contributed by atoms with Crippen LogP contribution in [0.2, 0.25) is 0 Å². The highest BCUT2D eigenvalue weighted by molar-refractivity contribution is 5.81. The van der Waals surface area contributed by atoms with E-state index in [1.165, 1.54) is 0 Å². The molecule has 23 heavy (non-hydrogen) atoms. The van der Waals surface area contributed by atoms with Crippen LogP contribution in [-0.2, 0) is 11.2 Å². The van der Waals surface area contributed by atoms with Gasteiger partial charge < -0.3 is 15.0 Å². The summed E-state index contributed by atoms with van der Waals surface area (Å²) in [6, 6.07) is 17.9. The Hall–Kier alpha value is -2.49. The van der Waals surface area contributed by atoms with Gasteiger partial charge in [-0.25, -0.2) is 0 Å². The smallest absolute Gasteiger partial charge is 0.239 e. The molecule has 1 amide bonds. The number of nitrogens with one attached hydrogen (secondary N) is 1. The fourth-order valence-electron chi connectivity index (χ4n) is 2.43. The molecule has 0 aromatic heterocycles. The second kappa shape index (κ2) is 8.83. The molecule has 0 saturated carbocycles. The summed E-state index contributed by atoms with van der Waals surface area (Å²) >= 11 is 0. The van der Waals surface area contributed by atoms with Crippen molar-refractivity contribution in [1.29, 1.82) is 0 Å². The standard InChI is InChI=1S/C19H24N2O2/c1-3-21(17-9-5-4-6-10-17)15-19(22)20-13-12-16-8-7-11-18(14-16)23-2/h4-11,14H,3,12-13,15H2,1-2H3,(H,20,22). The number of benzene rings is 2. The summed E-state index contributed by atoms with van der Waals surface area (Å²) in [6.45, 7) is 3.85. The van der Waals surface area contributed by atoms with Crippen LogP contribution in [0.3, 0.4) is 0 Å². The van der Waals surface area contributed by atoms with Gasteiger partial charge in [0.15, 0.2) is 0 Å². The maximum absolute atomic E-state index is 12.1. The molecular formula is C19H24N2O2. The lowest BCUT2D eigenvalue weighted by Gasteiger charge is -2.22. The van der Waals surface area contributed by atoms with Crippen molar-refractivity contribution in [2.45, 2.75) is 13.3 Å². The van der Waals surface area contributed by atoms with Gasteiger partial charge in [-0.1, -0.05) is 30.3 Å². The maximum Gasteiger partial charge on any atom is 0.239 e. The molecule has 2 aromatic carbocycles. The molecule has 0 saturated heterocycles. The molecular weight excluding hydrogens is 288 g/mol. The lowest BCUT2D eigenvalue weighted by molar-refractivity contribution is -0.119. The summed E-state index contributed by atoms with van der Waals surface area (Å²) in [7, 11) is 1.66. The summed E-state index contributed by atoms with van der Waals surface area (Å²) < 4.78 is 5.20. The minimum Gasteiger partial charge on any atom is -0.497 e. The van der Waals surface area contributed by atoms with Crippen LogP contribution < -0.4 is 15.0 Å². The van der Waals surface area contributed by atoms with Gasteiger partial charge in [0.25, 0.3) is 0 Å². The van der Waals surface area contributed by atoms with Crippen molar-refractivity contribution in [3.63, 3.8) is 0 Å². The second-order valence-corrected chi connectivity index (χ2v) is 5.30. The van der Waals surface area contributed by atoms with Crippen LogP contribution in [0, 0.1) is 0 Å². The van der Waals surface area contributed by atoms with E-state index in [-0.39, 0.29) is 5.91 Å². The van der Waals surface area contributed by atoms with Gasteiger partial charge in [-0.15, -0.1) is 0 Å². The summed E-state index contributed by atoms with van der Waals surface area (Å²) in [5, 5.41) is 2.98. The van der Waals surface area contributed by atoms with E-state index in [1.54, 1.807) is 7.11 Å². The highest BCUT2D eigenvalue weighted by Gasteiger charge is 2.09. The minimum absolute atomic E-state index is 0.0404. The van der Waals surface area contributed by atoms with Crippen molar-refractivity contribution in [2.75, 3.05) is 31.6 Å². The van der Waals surface area contributed by atoms with Crippen molar-refractivity contribution in [1.82, 2.24) is 5.32 Å². The van der Waals surface area contributed by atoms with Crippen LogP contribution in [0.25, 0.3) is 0 Å². The third-order valence-corrected chi connectivity index (χ3v) is 3.71. The van der Waals surface area contributed by atoms with Crippen LogP contribution >= 0.6 is 0 Å². The fraction of sp³-hybridized carbons (Fsp3) is 0.316. The molecule has 0 aliphatic rings. The summed E-state index contributed by atoms with van der Waals surface area (Å²) in [4.78, 5) is 14.2. The van der Waals surface area contributed by atoms with Crippen molar-refractivity contribution in [3.05, 3.63) is 60.2 Å². The van der Waals surface area contributed by atoms with E-state index in [1.807, 2.05) is 54.6 Å². The average molecular weight is 312 g/mol. The van der Waals surface area contributed by atoms with Crippen molar-refractivity contribution < 1.29 is 9.53 Å². The Morgan fingerprint density at radius 1 is 1.13 bits per heavy atom. The Balaban J connectivity index is 1.80. The Morgan fingerprint density at radius 3 is 2.61 bits per heavy atom. The van der Waals surface area contributed by atoms with Gasteiger partial charge in [0.05, 0.1) is 13.7 Å². The van der Waals surface area contributed by atoms with E-state index in [2.05, 4.69) is 17.1 Å². The number of nitrogens with zero attached hydrogens (tertiary/aromatic N) is 1. The van der Waals surface area contributed by atoms with Gasteiger partial charge >= 0.3 is 0 Å². The molecule has 0 aliphatic carbocycles. The number of carbonyl (C=O) groups is 1. The molecule has 2 aromatic rings. The van der Waals surface area contributed by atoms with Crippen LogP contribution in [0.5, 0.6) is 5.75 Å². The third-order valence-electron chi connectivity index (χ3n) is 3.71. The highest BCUT2D eigenvalue weighted by Crippen LogP contribution is 2.13. The maximum atomic E-state index is 12.1. The van der Waals surface area contributed by atoms with Gasteiger partial charge in [0.1, 0.15) is 5.75 Å². The number of hydrogen-bond donors (Lipinski definition) is 1. The molecule has 0 bridgehead atoms. The fourth-order valence-corrected chi connectivity index (χ4v) is 2.43. The average Bonchev–Trinajstić information content (AvgIpc) is 2.60. The zero-order chi connectivity index (χ0) is 16.5. The SMILES string of the molecule is CCN(CC(=O)NCCc1cccc(OC)c1)c1ccccc1. The monoisotopic (exact) mass is 312 g/mol. The van der Waals surface area contributed by atoms with E-state index in [4.69, 9.17) is 4.74 Å². The first kappa shape index (κ1) is 16.9. The number of anilines is 1. The number of hydrogen-bond acceptors (Lipinski definition) is 3. The summed E-state index contributed by atoms with van der Waals surface area (Å²) in [6.07, 6.45) is 0.792. The Labute approximate surface area is 138 Å². The van der Waals surface area contributed by atoms with E-state index in [9.17, 15) is 4.79 Å². The minimum atomic E-state index is 0.0404. The lowest BCUT2D eigenvalue weighted by atomic mass is 10.1. The van der Waals surface area contributed by atoms with Crippen LogP contribution in [0.1, 0.15) is 12.5 Å². The Morgan fingerprint density at radius 2 is 1.91 bits per heavy atom. The van der Waals surface area contributed by atoms with Crippen LogP contribution in [0.4, 0.5) is 5.69 Å². The lowest BCUT2D eigenvalue weighted by Crippen LogP contribution is -2.38. The third kappa shape index (κ3) is 5.33. The predicted octanol–water partition coefficient (Wildman–Crippen LogP) is 2.88. The molecule has 0 spiro atoms. The zero-order valence-electron chi connectivity index (χ0n) is 13.8. The topological polar surface area (TPSA) is 41.6 Å². The number of carbonyl (C=O) groups excluding carboxylic acids is 1. The van der Waals surface area contributed by atoms with E-state index < -0.39 is 0 Å². The zero-order valence-corrected chi connectivity index (χ0v) is 13.8. The first-order valence-corrected chi connectivity index (χ1v) is 7.92. The molecule has 4 nitrogen and oxygen atoms in total. The predicted molar refractivity (Wildman–Crippen MR) is 94.0 cm³/mol. The van der Waals surface area contributed by atoms with Crippen LogP contribution in [0.15, 0.2) is 54.6 Å². The number of amides is 1. The van der Waals surface area contributed by atoms with Gasteiger partial charge in [-0.2, -0.15) is 0 Å². The molecule has 2 rings (SSSR count). The highest BCUT2D eigenvalue weighted by atomic mass is 16.5. The molecule has 0 unspecified atom stereocenters. The Kier molecular flexibility index (Phi) is 6.48. The van der Waals surface area contributed by atoms with E-state index >= 15 is 0 Å². The van der Waals surface area contributed by atoms with Gasteiger partial charge in [0.2, 0.25) is 5.91 Å². The van der Waals surface area contributed by atoms with E-state index in [0.29, 0.717) is 13.1 Å². The normalized spacial score (nSPS) is 10.2. The molecule has 0 radical (unpaired) electrons. The molecule has 0 aliphatic heterocycles. The summed E-state index contributed by atoms with van der Waals surface area (Å²) in [5.74, 6) is 0.883. The van der Waals surface area contributed by atoms with Crippen molar-refractivity contribution in [2.24, 2.45) is 0 Å². The number of ether oxygens (including phenoxy) is 1. The molecule has 0 atom stereocenters. The quantitative estimate of drug-likeness (QED) is 0.815. The Bertz CT molecular complexity index is 614. The van der Waals surface area contributed by atoms with E-state index in [0.717, 1.165) is 30.0 Å². The second-order valence-electron chi connectivity index (χ2n) is 5.30.